The van der Waals surface area contributed by atoms with E-state index in [9.17, 15) is 0 Å². The predicted octanol–water partition coefficient (Wildman–Crippen LogP) is 1.84. The van der Waals surface area contributed by atoms with E-state index in [1.54, 1.807) is 6.20 Å². The normalized spacial score (nSPS) is 11.2. The van der Waals surface area contributed by atoms with E-state index in [1.165, 1.54) is 5.56 Å². The maximum absolute atomic E-state index is 5.71. The van der Waals surface area contributed by atoms with Crippen molar-refractivity contribution >= 4 is 11.0 Å². The van der Waals surface area contributed by atoms with Crippen LogP contribution in [0.5, 0.6) is 0 Å². The molecule has 0 bridgehead atoms. The van der Waals surface area contributed by atoms with Crippen LogP contribution < -0.4 is 5.73 Å². The van der Waals surface area contributed by atoms with Crippen LogP contribution in [0.15, 0.2) is 30.6 Å². The highest BCUT2D eigenvalue weighted by molar-refractivity contribution is 5.93. The zero-order valence-corrected chi connectivity index (χ0v) is 11.7. The Bertz CT molecular complexity index is 746. The Morgan fingerprint density at radius 3 is 2.80 bits per heavy atom. The molecular formula is C15H17N5. The van der Waals surface area contributed by atoms with Crippen molar-refractivity contribution in [2.24, 2.45) is 12.8 Å². The van der Waals surface area contributed by atoms with Crippen molar-refractivity contribution in [1.29, 1.82) is 0 Å². The molecule has 102 valence electrons. The Morgan fingerprint density at radius 1 is 1.25 bits per heavy atom. The standard InChI is InChI=1S/C15H17N5/c1-10-18-14(12-5-3-4-8-17-12)13-11(6-7-16)9-20(2)15(13)19-10/h3-5,8-9H,6-7,16H2,1-2H3. The maximum atomic E-state index is 5.71. The van der Waals surface area contributed by atoms with Gasteiger partial charge in [-0.25, -0.2) is 9.97 Å². The highest BCUT2D eigenvalue weighted by Gasteiger charge is 2.16. The maximum Gasteiger partial charge on any atom is 0.144 e. The van der Waals surface area contributed by atoms with Gasteiger partial charge in [-0.1, -0.05) is 6.07 Å². The summed E-state index contributed by atoms with van der Waals surface area (Å²) < 4.78 is 2.03. The lowest BCUT2D eigenvalue weighted by atomic mass is 10.1. The summed E-state index contributed by atoms with van der Waals surface area (Å²) in [7, 11) is 2.00. The summed E-state index contributed by atoms with van der Waals surface area (Å²) in [6, 6.07) is 5.85. The lowest BCUT2D eigenvalue weighted by molar-refractivity contribution is 0.913. The van der Waals surface area contributed by atoms with Gasteiger partial charge in [0.25, 0.3) is 0 Å². The molecule has 0 amide bonds. The number of nitrogens with two attached hydrogens (primary N) is 1. The molecule has 0 fully saturated rings. The summed E-state index contributed by atoms with van der Waals surface area (Å²) in [5.41, 5.74) is 9.57. The number of aromatic nitrogens is 4. The van der Waals surface area contributed by atoms with Crippen molar-refractivity contribution in [1.82, 2.24) is 19.5 Å². The fourth-order valence-corrected chi connectivity index (χ4v) is 2.50. The minimum Gasteiger partial charge on any atom is -0.335 e. The van der Waals surface area contributed by atoms with Crippen LogP contribution in [0.1, 0.15) is 11.4 Å². The van der Waals surface area contributed by atoms with Crippen LogP contribution in [-0.4, -0.2) is 26.1 Å². The SMILES string of the molecule is Cc1nc(-c2ccccn2)c2c(CCN)cn(C)c2n1. The number of hydrogen-bond donors (Lipinski definition) is 1. The first-order valence-electron chi connectivity index (χ1n) is 6.64. The molecule has 0 aliphatic heterocycles. The molecular weight excluding hydrogens is 250 g/mol. The van der Waals surface area contributed by atoms with Gasteiger partial charge in [0, 0.05) is 19.4 Å². The minimum absolute atomic E-state index is 0.606. The van der Waals surface area contributed by atoms with Crippen molar-refractivity contribution in [3.63, 3.8) is 0 Å². The van der Waals surface area contributed by atoms with E-state index in [1.807, 2.05) is 36.7 Å². The van der Waals surface area contributed by atoms with Crippen molar-refractivity contribution in [2.45, 2.75) is 13.3 Å². The van der Waals surface area contributed by atoms with Crippen LogP contribution in [0.2, 0.25) is 0 Å². The zero-order valence-electron chi connectivity index (χ0n) is 11.7. The fraction of sp³-hybridized carbons (Fsp3) is 0.267. The van der Waals surface area contributed by atoms with E-state index in [2.05, 4.69) is 21.1 Å². The van der Waals surface area contributed by atoms with E-state index >= 15 is 0 Å². The van der Waals surface area contributed by atoms with Gasteiger partial charge >= 0.3 is 0 Å². The van der Waals surface area contributed by atoms with Gasteiger partial charge in [-0.3, -0.25) is 4.98 Å². The summed E-state index contributed by atoms with van der Waals surface area (Å²) in [6.07, 6.45) is 4.67. The Kier molecular flexibility index (Phi) is 3.20. The number of nitrogens with zero attached hydrogens (tertiary/aromatic N) is 4. The molecule has 5 nitrogen and oxygen atoms in total. The van der Waals surface area contributed by atoms with Crippen LogP contribution in [0, 0.1) is 6.92 Å². The molecule has 0 saturated carbocycles. The molecule has 0 radical (unpaired) electrons. The Balaban J connectivity index is 2.35. The average molecular weight is 267 g/mol. The third kappa shape index (κ3) is 2.06. The van der Waals surface area contributed by atoms with E-state index in [4.69, 9.17) is 5.73 Å². The molecule has 3 aromatic rings. The fourth-order valence-electron chi connectivity index (χ4n) is 2.50. The first-order chi connectivity index (χ1) is 9.70. The summed E-state index contributed by atoms with van der Waals surface area (Å²) in [6.45, 7) is 2.51. The first kappa shape index (κ1) is 12.7. The second-order valence-corrected chi connectivity index (χ2v) is 4.84. The molecule has 3 heterocycles. The molecule has 0 atom stereocenters. The Hall–Kier alpha value is -2.27. The van der Waals surface area contributed by atoms with Crippen molar-refractivity contribution < 1.29 is 0 Å². The molecule has 3 aromatic heterocycles. The van der Waals surface area contributed by atoms with E-state index in [0.717, 1.165) is 34.7 Å². The third-order valence-electron chi connectivity index (χ3n) is 3.33. The summed E-state index contributed by atoms with van der Waals surface area (Å²) >= 11 is 0. The van der Waals surface area contributed by atoms with Gasteiger partial charge < -0.3 is 10.3 Å². The second kappa shape index (κ2) is 5.02. The van der Waals surface area contributed by atoms with Crippen LogP contribution in [0.4, 0.5) is 0 Å². The van der Waals surface area contributed by atoms with Gasteiger partial charge in [-0.15, -0.1) is 0 Å². The number of aryl methyl sites for hydroxylation is 2. The largest absolute Gasteiger partial charge is 0.335 e. The Labute approximate surface area is 117 Å². The average Bonchev–Trinajstić information content (AvgIpc) is 2.76. The zero-order chi connectivity index (χ0) is 14.1. The molecule has 3 rings (SSSR count). The van der Waals surface area contributed by atoms with E-state index in [0.29, 0.717) is 6.54 Å². The highest BCUT2D eigenvalue weighted by Crippen LogP contribution is 2.28. The van der Waals surface area contributed by atoms with Crippen LogP contribution in [-0.2, 0) is 13.5 Å². The smallest absolute Gasteiger partial charge is 0.144 e. The number of fused-ring (bicyclic) bond motifs is 1. The van der Waals surface area contributed by atoms with E-state index < -0.39 is 0 Å². The monoisotopic (exact) mass is 267 g/mol. The topological polar surface area (TPSA) is 69.6 Å². The number of pyridine rings is 1. The number of rotatable bonds is 3. The molecule has 0 unspecified atom stereocenters. The molecule has 0 aromatic carbocycles. The molecule has 20 heavy (non-hydrogen) atoms. The van der Waals surface area contributed by atoms with E-state index in [-0.39, 0.29) is 0 Å². The van der Waals surface area contributed by atoms with Crippen LogP contribution in [0.25, 0.3) is 22.4 Å². The predicted molar refractivity (Wildman–Crippen MR) is 79.2 cm³/mol. The van der Waals surface area contributed by atoms with Crippen molar-refractivity contribution in [2.75, 3.05) is 6.54 Å². The van der Waals surface area contributed by atoms with Crippen LogP contribution >= 0.6 is 0 Å². The second-order valence-electron chi connectivity index (χ2n) is 4.84. The quantitative estimate of drug-likeness (QED) is 0.786. The van der Waals surface area contributed by atoms with Gasteiger partial charge in [-0.2, -0.15) is 0 Å². The molecule has 0 saturated heterocycles. The molecule has 5 heteroatoms. The van der Waals surface area contributed by atoms with Crippen LogP contribution in [0.3, 0.4) is 0 Å². The van der Waals surface area contributed by atoms with Gasteiger partial charge in [0.15, 0.2) is 0 Å². The summed E-state index contributed by atoms with van der Waals surface area (Å²) in [5.74, 6) is 0.749. The van der Waals surface area contributed by atoms with Crippen molar-refractivity contribution in [3.05, 3.63) is 42.0 Å². The lowest BCUT2D eigenvalue weighted by Crippen LogP contribution is -2.03. The molecule has 0 spiro atoms. The first-order valence-corrected chi connectivity index (χ1v) is 6.64. The molecule has 2 N–H and O–H groups in total. The van der Waals surface area contributed by atoms with Gasteiger partial charge in [0.05, 0.1) is 11.1 Å². The summed E-state index contributed by atoms with van der Waals surface area (Å²) in [5, 5.41) is 1.06. The van der Waals surface area contributed by atoms with Crippen molar-refractivity contribution in [3.8, 4) is 11.4 Å². The summed E-state index contributed by atoms with van der Waals surface area (Å²) in [4.78, 5) is 13.6. The molecule has 0 aliphatic rings. The highest BCUT2D eigenvalue weighted by atomic mass is 15.0. The minimum atomic E-state index is 0.606. The van der Waals surface area contributed by atoms with Gasteiger partial charge in [0.2, 0.25) is 0 Å². The van der Waals surface area contributed by atoms with Gasteiger partial charge in [0.1, 0.15) is 17.2 Å². The third-order valence-corrected chi connectivity index (χ3v) is 3.33. The van der Waals surface area contributed by atoms with Gasteiger partial charge in [-0.05, 0) is 37.6 Å². The number of hydrogen-bond acceptors (Lipinski definition) is 4. The Morgan fingerprint density at radius 2 is 2.10 bits per heavy atom. The molecule has 0 aliphatic carbocycles. The lowest BCUT2D eigenvalue weighted by Gasteiger charge is -2.06.